The largest absolute Gasteiger partial charge is 0.462 e. The number of carbonyl (C=O) groups is 1. The van der Waals surface area contributed by atoms with Gasteiger partial charge in [-0.25, -0.2) is 4.79 Å². The topological polar surface area (TPSA) is 66.8 Å². The van der Waals surface area contributed by atoms with Gasteiger partial charge in [0.1, 0.15) is 5.56 Å². The van der Waals surface area contributed by atoms with Crippen molar-refractivity contribution in [3.05, 3.63) is 70.0 Å². The summed E-state index contributed by atoms with van der Waals surface area (Å²) in [6, 6.07) is 13.2. The summed E-state index contributed by atoms with van der Waals surface area (Å²) in [4.78, 5) is 25.1. The van der Waals surface area contributed by atoms with Gasteiger partial charge in [-0.15, -0.1) is 0 Å². The molecule has 2 aromatic carbocycles. The lowest BCUT2D eigenvalue weighted by atomic mass is 10.1. The molecule has 3 aromatic rings. The van der Waals surface area contributed by atoms with E-state index in [2.05, 4.69) is 0 Å². The number of nitrogens with zero attached hydrogens (tertiary/aromatic N) is 1. The summed E-state index contributed by atoms with van der Waals surface area (Å²) in [5.74, 6) is 0.461. The Kier molecular flexibility index (Phi) is 4.08. The molecule has 6 heteroatoms. The number of aromatic nitrogens is 1. The van der Waals surface area contributed by atoms with Crippen molar-refractivity contribution in [3.63, 3.8) is 0 Å². The number of rotatable bonds is 4. The summed E-state index contributed by atoms with van der Waals surface area (Å²) in [6.07, 6.45) is 1.55. The Labute approximate surface area is 149 Å². The number of ether oxygens (including phenoxy) is 3. The third kappa shape index (κ3) is 2.79. The third-order valence-electron chi connectivity index (χ3n) is 4.27. The van der Waals surface area contributed by atoms with Crippen molar-refractivity contribution in [1.29, 1.82) is 0 Å². The van der Waals surface area contributed by atoms with Crippen LogP contribution in [0.25, 0.3) is 10.9 Å². The number of esters is 1. The van der Waals surface area contributed by atoms with E-state index in [1.165, 1.54) is 0 Å². The highest BCUT2D eigenvalue weighted by Crippen LogP contribution is 2.35. The van der Waals surface area contributed by atoms with E-state index >= 15 is 0 Å². The fourth-order valence-corrected chi connectivity index (χ4v) is 3.05. The standard InChI is InChI=1S/C20H17NO5/c1-2-24-20(23)15-11-21(10-13-6-4-3-5-7-13)16-9-18-17(25-12-26-18)8-14(16)19(15)22/h3-9,11H,2,10,12H2,1H3. The molecule has 6 nitrogen and oxygen atoms in total. The molecular formula is C20H17NO5. The second kappa shape index (κ2) is 6.55. The zero-order valence-corrected chi connectivity index (χ0v) is 14.2. The van der Waals surface area contributed by atoms with Gasteiger partial charge >= 0.3 is 5.97 Å². The molecule has 1 aromatic heterocycles. The maximum Gasteiger partial charge on any atom is 0.343 e. The van der Waals surface area contributed by atoms with Crippen LogP contribution in [-0.2, 0) is 11.3 Å². The summed E-state index contributed by atoms with van der Waals surface area (Å²) in [6.45, 7) is 2.53. The molecule has 0 amide bonds. The molecule has 0 N–H and O–H groups in total. The van der Waals surface area contributed by atoms with Crippen LogP contribution in [0.4, 0.5) is 0 Å². The average Bonchev–Trinajstić information content (AvgIpc) is 3.11. The van der Waals surface area contributed by atoms with Crippen LogP contribution in [0.15, 0.2) is 53.5 Å². The summed E-state index contributed by atoms with van der Waals surface area (Å²) in [5, 5.41) is 0.399. The van der Waals surface area contributed by atoms with Crippen molar-refractivity contribution in [2.24, 2.45) is 0 Å². The first-order valence-electron chi connectivity index (χ1n) is 8.35. The van der Waals surface area contributed by atoms with Gasteiger partial charge < -0.3 is 18.8 Å². The minimum atomic E-state index is -0.626. The summed E-state index contributed by atoms with van der Waals surface area (Å²) >= 11 is 0. The molecule has 0 fully saturated rings. The van der Waals surface area contributed by atoms with Crippen molar-refractivity contribution < 1.29 is 19.0 Å². The molecule has 0 saturated heterocycles. The first-order chi connectivity index (χ1) is 12.7. The van der Waals surface area contributed by atoms with Gasteiger partial charge in [0.05, 0.1) is 17.5 Å². The maximum atomic E-state index is 12.8. The minimum Gasteiger partial charge on any atom is -0.462 e. The molecular weight excluding hydrogens is 334 g/mol. The first-order valence-corrected chi connectivity index (χ1v) is 8.35. The molecule has 26 heavy (non-hydrogen) atoms. The third-order valence-corrected chi connectivity index (χ3v) is 4.27. The molecule has 0 bridgehead atoms. The zero-order valence-electron chi connectivity index (χ0n) is 14.2. The second-order valence-corrected chi connectivity index (χ2v) is 5.93. The number of benzene rings is 2. The van der Waals surface area contributed by atoms with E-state index in [4.69, 9.17) is 14.2 Å². The number of hydrogen-bond acceptors (Lipinski definition) is 5. The lowest BCUT2D eigenvalue weighted by Crippen LogP contribution is -2.21. The van der Waals surface area contributed by atoms with Gasteiger partial charge in [0.15, 0.2) is 11.5 Å². The Balaban J connectivity index is 1.94. The van der Waals surface area contributed by atoms with Crippen molar-refractivity contribution in [2.45, 2.75) is 13.5 Å². The van der Waals surface area contributed by atoms with E-state index < -0.39 is 5.97 Å². The lowest BCUT2D eigenvalue weighted by Gasteiger charge is -2.14. The fourth-order valence-electron chi connectivity index (χ4n) is 3.05. The Bertz CT molecular complexity index is 1040. The number of hydrogen-bond donors (Lipinski definition) is 0. The van der Waals surface area contributed by atoms with Crippen LogP contribution in [0.3, 0.4) is 0 Å². The normalized spacial score (nSPS) is 12.3. The van der Waals surface area contributed by atoms with Gasteiger partial charge in [0.2, 0.25) is 12.2 Å². The van der Waals surface area contributed by atoms with E-state index in [0.717, 1.165) is 5.56 Å². The highest BCUT2D eigenvalue weighted by atomic mass is 16.7. The van der Waals surface area contributed by atoms with E-state index in [1.807, 2.05) is 34.9 Å². The van der Waals surface area contributed by atoms with Crippen LogP contribution >= 0.6 is 0 Å². The van der Waals surface area contributed by atoms with Crippen molar-refractivity contribution in [3.8, 4) is 11.5 Å². The molecule has 132 valence electrons. The highest BCUT2D eigenvalue weighted by Gasteiger charge is 2.21. The van der Waals surface area contributed by atoms with Crippen LogP contribution in [0, 0.1) is 0 Å². The zero-order chi connectivity index (χ0) is 18.1. The summed E-state index contributed by atoms with van der Waals surface area (Å²) < 4.78 is 17.7. The monoisotopic (exact) mass is 351 g/mol. The Hall–Kier alpha value is -3.28. The molecule has 0 radical (unpaired) electrons. The lowest BCUT2D eigenvalue weighted by molar-refractivity contribution is 0.0524. The quantitative estimate of drug-likeness (QED) is 0.676. The maximum absolute atomic E-state index is 12.8. The van der Waals surface area contributed by atoms with Gasteiger partial charge in [-0.05, 0) is 18.6 Å². The Morgan fingerprint density at radius 3 is 2.62 bits per heavy atom. The van der Waals surface area contributed by atoms with Gasteiger partial charge in [-0.2, -0.15) is 0 Å². The van der Waals surface area contributed by atoms with Gasteiger partial charge in [-0.3, -0.25) is 4.79 Å². The van der Waals surface area contributed by atoms with Crippen LogP contribution < -0.4 is 14.9 Å². The van der Waals surface area contributed by atoms with Gasteiger partial charge in [0, 0.05) is 18.8 Å². The first kappa shape index (κ1) is 16.2. The van der Waals surface area contributed by atoms with E-state index in [0.29, 0.717) is 28.9 Å². The predicted octanol–water partition coefficient (Wildman–Crippen LogP) is 2.96. The number of fused-ring (bicyclic) bond motifs is 2. The van der Waals surface area contributed by atoms with Crippen LogP contribution in [0.1, 0.15) is 22.8 Å². The molecule has 0 atom stereocenters. The summed E-state index contributed by atoms with van der Waals surface area (Å²) in [7, 11) is 0. The van der Waals surface area contributed by atoms with Gasteiger partial charge in [0.25, 0.3) is 0 Å². The van der Waals surface area contributed by atoms with Crippen molar-refractivity contribution in [2.75, 3.05) is 13.4 Å². The fraction of sp³-hybridized carbons (Fsp3) is 0.200. The Morgan fingerprint density at radius 2 is 1.88 bits per heavy atom. The van der Waals surface area contributed by atoms with E-state index in [-0.39, 0.29) is 24.4 Å². The van der Waals surface area contributed by atoms with Crippen LogP contribution in [-0.4, -0.2) is 23.9 Å². The Morgan fingerprint density at radius 1 is 1.15 bits per heavy atom. The summed E-state index contributed by atoms with van der Waals surface area (Å²) in [5.41, 5.74) is 1.36. The predicted molar refractivity (Wildman–Crippen MR) is 95.8 cm³/mol. The molecule has 1 aliphatic heterocycles. The van der Waals surface area contributed by atoms with E-state index in [9.17, 15) is 9.59 Å². The molecule has 2 heterocycles. The molecule has 1 aliphatic rings. The second-order valence-electron chi connectivity index (χ2n) is 5.93. The van der Waals surface area contributed by atoms with Crippen LogP contribution in [0.2, 0.25) is 0 Å². The minimum absolute atomic E-state index is 0.00847. The smallest absolute Gasteiger partial charge is 0.343 e. The van der Waals surface area contributed by atoms with Crippen molar-refractivity contribution >= 4 is 16.9 Å². The average molecular weight is 351 g/mol. The van der Waals surface area contributed by atoms with E-state index in [1.54, 1.807) is 25.3 Å². The highest BCUT2D eigenvalue weighted by molar-refractivity contribution is 5.94. The number of pyridine rings is 1. The SMILES string of the molecule is CCOC(=O)c1cn(Cc2ccccc2)c2cc3c(cc2c1=O)OCO3. The molecule has 0 aliphatic carbocycles. The molecule has 4 rings (SSSR count). The molecule has 0 spiro atoms. The molecule has 0 unspecified atom stereocenters. The number of carbonyl (C=O) groups excluding carboxylic acids is 1. The molecule has 0 saturated carbocycles. The van der Waals surface area contributed by atoms with Crippen LogP contribution in [0.5, 0.6) is 11.5 Å². The van der Waals surface area contributed by atoms with Gasteiger partial charge in [-0.1, -0.05) is 30.3 Å². The van der Waals surface area contributed by atoms with Crippen molar-refractivity contribution in [1.82, 2.24) is 4.57 Å².